The minimum absolute atomic E-state index is 0.123. The van der Waals surface area contributed by atoms with Crippen LogP contribution in [-0.4, -0.2) is 48.1 Å². The second-order valence-corrected chi connectivity index (χ2v) is 8.82. The van der Waals surface area contributed by atoms with E-state index in [4.69, 9.17) is 17.0 Å². The third kappa shape index (κ3) is 4.70. The topological polar surface area (TPSA) is 71.5 Å². The number of methoxy groups -OCH3 is 1. The van der Waals surface area contributed by atoms with Crippen LogP contribution in [0, 0.1) is 0 Å². The van der Waals surface area contributed by atoms with Crippen molar-refractivity contribution in [2.75, 3.05) is 23.9 Å². The fourth-order valence-electron chi connectivity index (χ4n) is 2.95. The van der Waals surface area contributed by atoms with Gasteiger partial charge in [0.1, 0.15) is 5.75 Å². The van der Waals surface area contributed by atoms with Gasteiger partial charge >= 0.3 is 0 Å². The molecule has 1 aliphatic rings. The van der Waals surface area contributed by atoms with Crippen LogP contribution in [-0.2, 0) is 16.4 Å². The quantitative estimate of drug-likeness (QED) is 0.785. The average molecular weight is 392 g/mol. The van der Waals surface area contributed by atoms with E-state index in [0.29, 0.717) is 18.1 Å². The molecule has 2 aromatic rings. The Labute approximate surface area is 159 Å². The summed E-state index contributed by atoms with van der Waals surface area (Å²) >= 11 is 5.60. The lowest BCUT2D eigenvalue weighted by atomic mass is 10.2. The maximum atomic E-state index is 11.9. The Balaban J connectivity index is 1.78. The Kier molecular flexibility index (Phi) is 5.73. The molecule has 3 rings (SSSR count). The van der Waals surface area contributed by atoms with Gasteiger partial charge in [0.25, 0.3) is 0 Å². The number of rotatable bonds is 5. The first-order valence-electron chi connectivity index (χ1n) is 8.28. The molecule has 0 amide bonds. The summed E-state index contributed by atoms with van der Waals surface area (Å²) in [5.74, 6) is 1.08. The van der Waals surface area contributed by atoms with Gasteiger partial charge in [0, 0.05) is 30.7 Å². The van der Waals surface area contributed by atoms with Crippen molar-refractivity contribution in [3.8, 4) is 5.75 Å². The summed E-state index contributed by atoms with van der Waals surface area (Å²) in [6, 6.07) is 11.1. The van der Waals surface area contributed by atoms with Crippen LogP contribution in [0.1, 0.15) is 12.0 Å². The molecule has 0 bridgehead atoms. The third-order valence-electron chi connectivity index (χ3n) is 4.33. The van der Waals surface area contributed by atoms with E-state index in [2.05, 4.69) is 10.3 Å². The first-order valence-corrected chi connectivity index (χ1v) is 10.5. The molecule has 1 aromatic carbocycles. The van der Waals surface area contributed by atoms with Gasteiger partial charge in [0.05, 0.1) is 18.6 Å². The molecule has 0 aliphatic carbocycles. The smallest absolute Gasteiger partial charge is 0.174 e. The number of pyridine rings is 1. The SMILES string of the molecule is COc1ccc(NC(=S)N(Cc2cccnc2)[C@H]2CCS(=O)(=O)C2)cc1. The van der Waals surface area contributed by atoms with E-state index in [1.54, 1.807) is 19.5 Å². The summed E-state index contributed by atoms with van der Waals surface area (Å²) in [6.07, 6.45) is 4.06. The zero-order valence-electron chi connectivity index (χ0n) is 14.5. The standard InChI is InChI=1S/C18H21N3O3S2/c1-24-17-6-4-15(5-7-17)20-18(25)21(12-14-3-2-9-19-11-14)16-8-10-26(22,23)13-16/h2-7,9,11,16H,8,10,12-13H2,1H3,(H,20,25)/t16-/m0/s1. The highest BCUT2D eigenvalue weighted by Gasteiger charge is 2.33. The summed E-state index contributed by atoms with van der Waals surface area (Å²) in [6.45, 7) is 0.510. The van der Waals surface area contributed by atoms with Crippen molar-refractivity contribution < 1.29 is 13.2 Å². The van der Waals surface area contributed by atoms with Crippen molar-refractivity contribution >= 4 is 32.9 Å². The molecule has 1 atom stereocenters. The van der Waals surface area contributed by atoms with Crippen LogP contribution in [0.5, 0.6) is 5.75 Å². The first kappa shape index (κ1) is 18.6. The van der Waals surface area contributed by atoms with E-state index in [1.165, 1.54) is 0 Å². The Morgan fingerprint density at radius 1 is 1.35 bits per heavy atom. The minimum Gasteiger partial charge on any atom is -0.497 e. The van der Waals surface area contributed by atoms with Gasteiger partial charge in [-0.05, 0) is 54.5 Å². The van der Waals surface area contributed by atoms with E-state index in [1.807, 2.05) is 41.3 Å². The average Bonchev–Trinajstić information content (AvgIpc) is 3.00. The van der Waals surface area contributed by atoms with Crippen LogP contribution in [0.3, 0.4) is 0 Å². The molecule has 0 unspecified atom stereocenters. The highest BCUT2D eigenvalue weighted by atomic mass is 32.2. The first-order chi connectivity index (χ1) is 12.5. The Morgan fingerprint density at radius 2 is 2.12 bits per heavy atom. The third-order valence-corrected chi connectivity index (χ3v) is 6.41. The maximum Gasteiger partial charge on any atom is 0.174 e. The predicted molar refractivity (Wildman–Crippen MR) is 106 cm³/mol. The molecule has 6 nitrogen and oxygen atoms in total. The molecule has 1 aromatic heterocycles. The van der Waals surface area contributed by atoms with Gasteiger partial charge in [-0.25, -0.2) is 8.42 Å². The number of anilines is 1. The number of hydrogen-bond acceptors (Lipinski definition) is 5. The van der Waals surface area contributed by atoms with Crippen molar-refractivity contribution in [2.45, 2.75) is 19.0 Å². The largest absolute Gasteiger partial charge is 0.497 e. The fraction of sp³-hybridized carbons (Fsp3) is 0.333. The molecule has 26 heavy (non-hydrogen) atoms. The van der Waals surface area contributed by atoms with E-state index in [-0.39, 0.29) is 17.5 Å². The Morgan fingerprint density at radius 3 is 2.69 bits per heavy atom. The zero-order valence-corrected chi connectivity index (χ0v) is 16.1. The zero-order chi connectivity index (χ0) is 18.6. The van der Waals surface area contributed by atoms with Gasteiger partial charge < -0.3 is 15.0 Å². The summed E-state index contributed by atoms with van der Waals surface area (Å²) in [4.78, 5) is 6.08. The molecule has 8 heteroatoms. The van der Waals surface area contributed by atoms with Gasteiger partial charge in [-0.3, -0.25) is 4.98 Å². The number of benzene rings is 1. The monoisotopic (exact) mass is 391 g/mol. The Bertz CT molecular complexity index is 855. The lowest BCUT2D eigenvalue weighted by Gasteiger charge is -2.31. The lowest BCUT2D eigenvalue weighted by molar-refractivity contribution is 0.332. The highest BCUT2D eigenvalue weighted by Crippen LogP contribution is 2.22. The summed E-state index contributed by atoms with van der Waals surface area (Å²) in [5, 5.41) is 3.71. The van der Waals surface area contributed by atoms with E-state index < -0.39 is 9.84 Å². The molecule has 1 saturated heterocycles. The number of nitrogens with one attached hydrogen (secondary N) is 1. The molecular weight excluding hydrogens is 370 g/mol. The molecule has 1 N–H and O–H groups in total. The van der Waals surface area contributed by atoms with Crippen molar-refractivity contribution in [1.29, 1.82) is 0 Å². The lowest BCUT2D eigenvalue weighted by Crippen LogP contribution is -2.43. The molecular formula is C18H21N3O3S2. The van der Waals surface area contributed by atoms with Crippen molar-refractivity contribution in [3.05, 3.63) is 54.4 Å². The summed E-state index contributed by atoms with van der Waals surface area (Å²) in [5.41, 5.74) is 1.81. The summed E-state index contributed by atoms with van der Waals surface area (Å²) < 4.78 is 29.0. The number of sulfone groups is 1. The molecule has 2 heterocycles. The number of thiocarbonyl (C=S) groups is 1. The maximum absolute atomic E-state index is 11.9. The van der Waals surface area contributed by atoms with Crippen LogP contribution in [0.25, 0.3) is 0 Å². The number of hydrogen-bond donors (Lipinski definition) is 1. The molecule has 138 valence electrons. The predicted octanol–water partition coefficient (Wildman–Crippen LogP) is 2.48. The van der Waals surface area contributed by atoms with Gasteiger partial charge in [-0.2, -0.15) is 0 Å². The van der Waals surface area contributed by atoms with Crippen LogP contribution < -0.4 is 10.1 Å². The van der Waals surface area contributed by atoms with Crippen LogP contribution in [0.2, 0.25) is 0 Å². The second-order valence-electron chi connectivity index (χ2n) is 6.20. The van der Waals surface area contributed by atoms with Gasteiger partial charge in [0.2, 0.25) is 0 Å². The minimum atomic E-state index is -3.01. The number of ether oxygens (including phenoxy) is 1. The second kappa shape index (κ2) is 8.01. The summed E-state index contributed by atoms with van der Waals surface area (Å²) in [7, 11) is -1.40. The van der Waals surface area contributed by atoms with E-state index in [0.717, 1.165) is 17.0 Å². The molecule has 0 spiro atoms. The number of nitrogens with zero attached hydrogens (tertiary/aromatic N) is 2. The molecule has 1 fully saturated rings. The Hall–Kier alpha value is -2.19. The number of aromatic nitrogens is 1. The van der Waals surface area contributed by atoms with Crippen LogP contribution >= 0.6 is 12.2 Å². The van der Waals surface area contributed by atoms with Crippen LogP contribution in [0.4, 0.5) is 5.69 Å². The van der Waals surface area contributed by atoms with E-state index in [9.17, 15) is 8.42 Å². The molecule has 1 aliphatic heterocycles. The van der Waals surface area contributed by atoms with Crippen molar-refractivity contribution in [2.24, 2.45) is 0 Å². The van der Waals surface area contributed by atoms with Gasteiger partial charge in [0.15, 0.2) is 14.9 Å². The van der Waals surface area contributed by atoms with Crippen molar-refractivity contribution in [3.63, 3.8) is 0 Å². The van der Waals surface area contributed by atoms with E-state index >= 15 is 0 Å². The molecule has 0 saturated carbocycles. The fourth-order valence-corrected chi connectivity index (χ4v) is 5.01. The van der Waals surface area contributed by atoms with Gasteiger partial charge in [-0.1, -0.05) is 6.07 Å². The highest BCUT2D eigenvalue weighted by molar-refractivity contribution is 7.91. The van der Waals surface area contributed by atoms with Crippen molar-refractivity contribution in [1.82, 2.24) is 9.88 Å². The van der Waals surface area contributed by atoms with Gasteiger partial charge in [-0.15, -0.1) is 0 Å². The normalized spacial score (nSPS) is 18.3. The molecule has 0 radical (unpaired) electrons. The van der Waals surface area contributed by atoms with Crippen LogP contribution in [0.15, 0.2) is 48.8 Å².